The van der Waals surface area contributed by atoms with Crippen molar-refractivity contribution < 1.29 is 8.98 Å². The molecule has 0 aliphatic heterocycles. The van der Waals surface area contributed by atoms with E-state index < -0.39 is 0 Å². The summed E-state index contributed by atoms with van der Waals surface area (Å²) in [4.78, 5) is 4.70. The number of aryl methyl sites for hydroxylation is 4. The molecule has 6 aromatic rings. The van der Waals surface area contributed by atoms with Crippen LogP contribution < -0.4 is 4.57 Å². The molecule has 0 atom stereocenters. The molecule has 0 saturated heterocycles. The quantitative estimate of drug-likeness (QED) is 0.308. The van der Waals surface area contributed by atoms with Gasteiger partial charge < -0.3 is 4.42 Å². The van der Waals surface area contributed by atoms with Gasteiger partial charge in [0.15, 0.2) is 16.6 Å². The van der Waals surface area contributed by atoms with Crippen LogP contribution in [0.15, 0.2) is 77.2 Å². The number of benzene rings is 3. The lowest BCUT2D eigenvalue weighted by Crippen LogP contribution is -2.30. The van der Waals surface area contributed by atoms with Crippen LogP contribution in [-0.4, -0.2) is 9.55 Å². The zero-order chi connectivity index (χ0) is 22.0. The summed E-state index contributed by atoms with van der Waals surface area (Å²) in [6.45, 7) is 6.30. The Hall–Kier alpha value is -3.92. The molecule has 3 heterocycles. The van der Waals surface area contributed by atoms with Gasteiger partial charge in [-0.15, -0.1) is 0 Å². The number of pyridine rings is 1. The Bertz CT molecular complexity index is 1660. The van der Waals surface area contributed by atoms with Crippen molar-refractivity contribution >= 4 is 33.1 Å². The molecule has 4 heteroatoms. The van der Waals surface area contributed by atoms with Crippen LogP contribution in [-0.2, 0) is 7.05 Å². The van der Waals surface area contributed by atoms with Crippen molar-refractivity contribution in [2.24, 2.45) is 7.05 Å². The van der Waals surface area contributed by atoms with E-state index >= 15 is 0 Å². The predicted octanol–water partition coefficient (Wildman–Crippen LogP) is 6.34. The van der Waals surface area contributed by atoms with Crippen LogP contribution in [0.4, 0.5) is 0 Å². The Morgan fingerprint density at radius 1 is 0.844 bits per heavy atom. The number of aromatic nitrogens is 3. The fraction of sp³-hybridized carbons (Fsp3) is 0.143. The number of hydrogen-bond donors (Lipinski definition) is 0. The highest BCUT2D eigenvalue weighted by atomic mass is 16.3. The Kier molecular flexibility index (Phi) is 3.99. The van der Waals surface area contributed by atoms with Crippen LogP contribution in [0.3, 0.4) is 0 Å². The summed E-state index contributed by atoms with van der Waals surface area (Å²) in [5.74, 6) is 1.09. The van der Waals surface area contributed by atoms with Crippen LogP contribution in [0.1, 0.15) is 16.8 Å². The Morgan fingerprint density at radius 3 is 2.41 bits per heavy atom. The largest absolute Gasteiger partial charge is 0.437 e. The van der Waals surface area contributed by atoms with Gasteiger partial charge in [0.1, 0.15) is 11.3 Å². The molecule has 0 radical (unpaired) electrons. The van der Waals surface area contributed by atoms with Gasteiger partial charge in [0.2, 0.25) is 5.71 Å². The zero-order valence-corrected chi connectivity index (χ0v) is 18.7. The van der Waals surface area contributed by atoms with Crippen molar-refractivity contribution in [1.82, 2.24) is 9.55 Å². The molecule has 0 N–H and O–H groups in total. The molecule has 156 valence electrons. The molecule has 3 aromatic heterocycles. The normalized spacial score (nSPS) is 11.8. The second-order valence-corrected chi connectivity index (χ2v) is 8.54. The maximum Gasteiger partial charge on any atom is 0.298 e. The van der Waals surface area contributed by atoms with Crippen molar-refractivity contribution in [1.29, 1.82) is 0 Å². The smallest absolute Gasteiger partial charge is 0.298 e. The zero-order valence-electron chi connectivity index (χ0n) is 18.7. The third-order valence-electron chi connectivity index (χ3n) is 6.40. The third kappa shape index (κ3) is 2.56. The minimum Gasteiger partial charge on any atom is -0.437 e. The van der Waals surface area contributed by atoms with Crippen molar-refractivity contribution in [2.75, 3.05) is 0 Å². The first-order chi connectivity index (χ1) is 15.5. The van der Waals surface area contributed by atoms with E-state index in [1.165, 1.54) is 16.6 Å². The Labute approximate surface area is 186 Å². The van der Waals surface area contributed by atoms with Gasteiger partial charge in [0, 0.05) is 11.1 Å². The maximum atomic E-state index is 6.48. The fourth-order valence-electron chi connectivity index (χ4n) is 5.00. The van der Waals surface area contributed by atoms with E-state index in [4.69, 9.17) is 9.40 Å². The predicted molar refractivity (Wildman–Crippen MR) is 129 cm³/mol. The van der Waals surface area contributed by atoms with E-state index in [9.17, 15) is 0 Å². The van der Waals surface area contributed by atoms with Crippen molar-refractivity contribution in [3.05, 3.63) is 89.6 Å². The molecular weight excluding hydrogens is 394 g/mol. The van der Waals surface area contributed by atoms with Crippen LogP contribution in [0.2, 0.25) is 0 Å². The lowest BCUT2D eigenvalue weighted by Gasteiger charge is -2.07. The van der Waals surface area contributed by atoms with Gasteiger partial charge in [-0.25, -0.2) is 9.55 Å². The highest BCUT2D eigenvalue weighted by molar-refractivity contribution is 6.10. The van der Waals surface area contributed by atoms with Crippen molar-refractivity contribution in [3.63, 3.8) is 0 Å². The number of hydrogen-bond acceptors (Lipinski definition) is 2. The lowest BCUT2D eigenvalue weighted by atomic mass is 10.0. The van der Waals surface area contributed by atoms with Gasteiger partial charge in [0.25, 0.3) is 5.82 Å². The molecule has 3 aromatic carbocycles. The highest BCUT2D eigenvalue weighted by Crippen LogP contribution is 2.39. The first-order valence-electron chi connectivity index (χ1n) is 10.9. The van der Waals surface area contributed by atoms with Gasteiger partial charge in [-0.05, 0) is 62.2 Å². The number of nitrogens with zero attached hydrogens (tertiary/aromatic N) is 3. The molecule has 0 aliphatic carbocycles. The monoisotopic (exact) mass is 418 g/mol. The number of rotatable bonds is 2. The molecule has 32 heavy (non-hydrogen) atoms. The first kappa shape index (κ1) is 18.8. The molecule has 0 unspecified atom stereocenters. The topological polar surface area (TPSA) is 34.8 Å². The van der Waals surface area contributed by atoms with Crippen molar-refractivity contribution in [2.45, 2.75) is 20.8 Å². The van der Waals surface area contributed by atoms with Crippen LogP contribution in [0.25, 0.3) is 50.2 Å². The summed E-state index contributed by atoms with van der Waals surface area (Å²) < 4.78 is 11.1. The number of para-hydroxylation sites is 3. The second-order valence-electron chi connectivity index (χ2n) is 8.54. The standard InChI is InChI=1S/C28H24N3O/c1-17-14-15-21-24-18(2)16-19(3)29-27(24)32-26(21)25(17)28-30(4)22-12-8-9-13-23(22)31(28)20-10-6-5-7-11-20/h5-16H,1-4H3/q+1. The summed E-state index contributed by atoms with van der Waals surface area (Å²) in [5.41, 5.74) is 9.47. The number of imidazole rings is 1. The van der Waals surface area contributed by atoms with E-state index in [2.05, 4.69) is 103 Å². The van der Waals surface area contributed by atoms with E-state index in [0.717, 1.165) is 44.6 Å². The van der Waals surface area contributed by atoms with E-state index in [0.29, 0.717) is 5.71 Å². The first-order valence-corrected chi connectivity index (χ1v) is 10.9. The number of furan rings is 1. The van der Waals surface area contributed by atoms with Gasteiger partial charge in [-0.2, -0.15) is 4.57 Å². The summed E-state index contributed by atoms with van der Waals surface area (Å²) >= 11 is 0. The number of fused-ring (bicyclic) bond motifs is 4. The fourth-order valence-corrected chi connectivity index (χ4v) is 5.00. The van der Waals surface area contributed by atoms with Crippen LogP contribution in [0.5, 0.6) is 0 Å². The molecule has 0 spiro atoms. The maximum absolute atomic E-state index is 6.48. The van der Waals surface area contributed by atoms with E-state index in [1.54, 1.807) is 0 Å². The summed E-state index contributed by atoms with van der Waals surface area (Å²) in [6, 6.07) is 25.5. The van der Waals surface area contributed by atoms with Gasteiger partial charge in [-0.3, -0.25) is 0 Å². The highest BCUT2D eigenvalue weighted by Gasteiger charge is 2.30. The van der Waals surface area contributed by atoms with Crippen LogP contribution >= 0.6 is 0 Å². The Balaban J connectivity index is 1.81. The van der Waals surface area contributed by atoms with Gasteiger partial charge >= 0.3 is 0 Å². The molecule has 6 rings (SSSR count). The molecule has 0 bridgehead atoms. The second kappa shape index (κ2) is 6.79. The minimum absolute atomic E-state index is 0.703. The van der Waals surface area contributed by atoms with Gasteiger partial charge in [0.05, 0.1) is 12.4 Å². The third-order valence-corrected chi connectivity index (χ3v) is 6.40. The SMILES string of the molecule is Cc1cc(C)c2c(n1)oc1c(-c3n(-c4ccccc4)c4ccccc4[n+]3C)c(C)ccc12. The van der Waals surface area contributed by atoms with E-state index in [-0.39, 0.29) is 0 Å². The average molecular weight is 419 g/mol. The summed E-state index contributed by atoms with van der Waals surface area (Å²) in [6.07, 6.45) is 0. The Morgan fingerprint density at radius 2 is 1.59 bits per heavy atom. The molecule has 0 fully saturated rings. The van der Waals surface area contributed by atoms with Gasteiger partial charge in [-0.1, -0.05) is 42.5 Å². The molecule has 4 nitrogen and oxygen atoms in total. The lowest BCUT2D eigenvalue weighted by molar-refractivity contribution is -0.633. The molecule has 0 aliphatic rings. The van der Waals surface area contributed by atoms with Crippen LogP contribution in [0, 0.1) is 20.8 Å². The molecule has 0 saturated carbocycles. The van der Waals surface area contributed by atoms with Crippen molar-refractivity contribution in [3.8, 4) is 17.1 Å². The summed E-state index contributed by atoms with van der Waals surface area (Å²) in [7, 11) is 2.13. The van der Waals surface area contributed by atoms with E-state index in [1.807, 2.05) is 6.92 Å². The summed E-state index contributed by atoms with van der Waals surface area (Å²) in [5, 5.41) is 2.20. The molecular formula is C28H24N3O+. The minimum atomic E-state index is 0.703. The molecule has 0 amide bonds. The average Bonchev–Trinajstić information content (AvgIpc) is 3.30.